The van der Waals surface area contributed by atoms with Crippen LogP contribution in [0.3, 0.4) is 0 Å². The highest BCUT2D eigenvalue weighted by Crippen LogP contribution is 2.37. The number of carbonyl (C=O) groups is 1. The van der Waals surface area contributed by atoms with Crippen LogP contribution in [-0.2, 0) is 15.1 Å². The SMILES string of the molecule is C/C=C/C1(C)OC(CCBr)C(=O)Nc2ccccc21.CC. The normalized spacial score (nSPS) is 24.6. The third-order valence-corrected chi connectivity index (χ3v) is 3.71. The molecule has 1 aromatic rings. The number of allylic oxidation sites excluding steroid dienone is 1. The summed E-state index contributed by atoms with van der Waals surface area (Å²) in [5.74, 6) is -0.0832. The highest BCUT2D eigenvalue weighted by Gasteiger charge is 2.36. The molecule has 2 atom stereocenters. The number of fused-ring (bicyclic) bond motifs is 1. The van der Waals surface area contributed by atoms with Gasteiger partial charge in [-0.2, -0.15) is 0 Å². The average Bonchev–Trinajstić information content (AvgIpc) is 2.58. The zero-order valence-corrected chi connectivity index (χ0v) is 14.7. The molecule has 2 unspecified atom stereocenters. The van der Waals surface area contributed by atoms with E-state index in [2.05, 4.69) is 21.2 Å². The van der Waals surface area contributed by atoms with Gasteiger partial charge in [-0.05, 0) is 26.3 Å². The Balaban J connectivity index is 0.00000106. The minimum Gasteiger partial charge on any atom is -0.353 e. The van der Waals surface area contributed by atoms with Crippen LogP contribution in [0.15, 0.2) is 36.4 Å². The summed E-state index contributed by atoms with van der Waals surface area (Å²) in [6, 6.07) is 7.78. The van der Waals surface area contributed by atoms with E-state index >= 15 is 0 Å². The van der Waals surface area contributed by atoms with Gasteiger partial charge in [0.1, 0.15) is 11.7 Å². The van der Waals surface area contributed by atoms with Crippen molar-refractivity contribution in [2.24, 2.45) is 0 Å². The van der Waals surface area contributed by atoms with Crippen molar-refractivity contribution in [2.75, 3.05) is 10.6 Å². The molecule has 4 heteroatoms. The summed E-state index contributed by atoms with van der Waals surface area (Å²) >= 11 is 3.37. The maximum absolute atomic E-state index is 12.2. The van der Waals surface area contributed by atoms with Crippen LogP contribution in [0, 0.1) is 0 Å². The van der Waals surface area contributed by atoms with Gasteiger partial charge in [0.15, 0.2) is 0 Å². The first kappa shape index (κ1) is 17.9. The number of halogens is 1. The van der Waals surface area contributed by atoms with Gasteiger partial charge < -0.3 is 10.1 Å². The standard InChI is InChI=1S/C15H18BrNO2.C2H6/c1-3-9-15(2)11-6-4-5-7-12(11)17-14(18)13(19-15)8-10-16;1-2/h3-7,9,13H,8,10H2,1-2H3,(H,17,18);1-2H3/b9-3+;. The molecule has 1 amide bonds. The van der Waals surface area contributed by atoms with Crippen LogP contribution in [0.2, 0.25) is 0 Å². The first-order valence-corrected chi connectivity index (χ1v) is 8.51. The van der Waals surface area contributed by atoms with Crippen LogP contribution < -0.4 is 5.32 Å². The van der Waals surface area contributed by atoms with Gasteiger partial charge in [-0.3, -0.25) is 4.79 Å². The van der Waals surface area contributed by atoms with Gasteiger partial charge in [-0.25, -0.2) is 0 Å². The summed E-state index contributed by atoms with van der Waals surface area (Å²) in [6.07, 6.45) is 4.14. The van der Waals surface area contributed by atoms with Crippen molar-refractivity contribution in [2.45, 2.75) is 45.8 Å². The summed E-state index contributed by atoms with van der Waals surface area (Å²) in [6.45, 7) is 7.95. The fourth-order valence-electron chi connectivity index (χ4n) is 2.39. The Kier molecular flexibility index (Phi) is 7.12. The molecule has 1 aliphatic heterocycles. The summed E-state index contributed by atoms with van der Waals surface area (Å²) in [4.78, 5) is 12.2. The number of ether oxygens (including phenoxy) is 1. The number of rotatable bonds is 3. The van der Waals surface area contributed by atoms with Gasteiger partial charge in [-0.1, -0.05) is 60.1 Å². The van der Waals surface area contributed by atoms with Crippen molar-refractivity contribution in [1.29, 1.82) is 0 Å². The Labute approximate surface area is 135 Å². The van der Waals surface area contributed by atoms with E-state index in [1.54, 1.807) is 0 Å². The van der Waals surface area contributed by atoms with Crippen LogP contribution in [-0.4, -0.2) is 17.3 Å². The maximum Gasteiger partial charge on any atom is 0.253 e. The Hall–Kier alpha value is -1.13. The van der Waals surface area contributed by atoms with Gasteiger partial charge in [0.2, 0.25) is 0 Å². The van der Waals surface area contributed by atoms with E-state index < -0.39 is 11.7 Å². The molecular weight excluding hydrogens is 330 g/mol. The number of benzene rings is 1. The minimum absolute atomic E-state index is 0.0832. The maximum atomic E-state index is 12.2. The molecule has 116 valence electrons. The number of nitrogens with one attached hydrogen (secondary N) is 1. The second kappa shape index (κ2) is 8.35. The zero-order valence-electron chi connectivity index (χ0n) is 13.2. The van der Waals surface area contributed by atoms with Gasteiger partial charge in [0.25, 0.3) is 5.91 Å². The van der Waals surface area contributed by atoms with Crippen molar-refractivity contribution < 1.29 is 9.53 Å². The third kappa shape index (κ3) is 4.17. The third-order valence-electron chi connectivity index (χ3n) is 3.26. The van der Waals surface area contributed by atoms with Gasteiger partial charge in [0.05, 0.1) is 0 Å². The molecule has 1 aromatic carbocycles. The van der Waals surface area contributed by atoms with E-state index in [0.717, 1.165) is 16.6 Å². The van der Waals surface area contributed by atoms with Crippen molar-refractivity contribution in [3.8, 4) is 0 Å². The topological polar surface area (TPSA) is 38.3 Å². The first-order chi connectivity index (χ1) is 10.1. The lowest BCUT2D eigenvalue weighted by Gasteiger charge is -2.29. The number of amides is 1. The van der Waals surface area contributed by atoms with Crippen LogP contribution in [0.4, 0.5) is 5.69 Å². The van der Waals surface area contributed by atoms with Crippen molar-refractivity contribution in [3.63, 3.8) is 0 Å². The predicted octanol–water partition coefficient (Wildman–Crippen LogP) is 4.63. The molecule has 0 radical (unpaired) electrons. The Morgan fingerprint density at radius 1 is 1.38 bits per heavy atom. The van der Waals surface area contributed by atoms with Crippen LogP contribution in [0.1, 0.15) is 39.7 Å². The molecular formula is C17H24BrNO2. The number of carbonyl (C=O) groups excluding carboxylic acids is 1. The molecule has 0 saturated heterocycles. The molecule has 3 nitrogen and oxygen atoms in total. The van der Waals surface area contributed by atoms with E-state index in [1.807, 2.05) is 64.1 Å². The Morgan fingerprint density at radius 2 is 2.05 bits per heavy atom. The molecule has 0 aromatic heterocycles. The lowest BCUT2D eigenvalue weighted by atomic mass is 9.93. The number of hydrogen-bond acceptors (Lipinski definition) is 2. The fourth-order valence-corrected chi connectivity index (χ4v) is 2.80. The minimum atomic E-state index is -0.586. The molecule has 21 heavy (non-hydrogen) atoms. The largest absolute Gasteiger partial charge is 0.353 e. The van der Waals surface area contributed by atoms with Gasteiger partial charge in [-0.15, -0.1) is 0 Å². The van der Waals surface area contributed by atoms with Crippen LogP contribution in [0.25, 0.3) is 0 Å². The monoisotopic (exact) mass is 353 g/mol. The summed E-state index contributed by atoms with van der Waals surface area (Å²) < 4.78 is 6.09. The van der Waals surface area contributed by atoms with E-state index in [4.69, 9.17) is 4.74 Å². The van der Waals surface area contributed by atoms with Gasteiger partial charge in [0, 0.05) is 16.6 Å². The van der Waals surface area contributed by atoms with E-state index in [-0.39, 0.29) is 5.91 Å². The van der Waals surface area contributed by atoms with Crippen molar-refractivity contribution in [1.82, 2.24) is 0 Å². The number of hydrogen-bond donors (Lipinski definition) is 1. The molecule has 0 bridgehead atoms. The molecule has 0 saturated carbocycles. The smallest absolute Gasteiger partial charge is 0.253 e. The summed E-state index contributed by atoms with van der Waals surface area (Å²) in [5.41, 5.74) is 1.22. The molecule has 1 N–H and O–H groups in total. The van der Waals surface area contributed by atoms with E-state index in [0.29, 0.717) is 6.42 Å². The van der Waals surface area contributed by atoms with Crippen molar-refractivity contribution >= 4 is 27.5 Å². The number of anilines is 1. The highest BCUT2D eigenvalue weighted by atomic mass is 79.9. The molecule has 1 heterocycles. The number of alkyl halides is 1. The second-order valence-electron chi connectivity index (χ2n) is 4.73. The molecule has 0 aliphatic carbocycles. The first-order valence-electron chi connectivity index (χ1n) is 7.38. The Bertz CT molecular complexity index is 501. The van der Waals surface area contributed by atoms with Crippen molar-refractivity contribution in [3.05, 3.63) is 42.0 Å². The van der Waals surface area contributed by atoms with Gasteiger partial charge >= 0.3 is 0 Å². The number of para-hydroxylation sites is 1. The fraction of sp³-hybridized carbons (Fsp3) is 0.471. The predicted molar refractivity (Wildman–Crippen MR) is 91.9 cm³/mol. The van der Waals surface area contributed by atoms with Crippen LogP contribution >= 0.6 is 15.9 Å². The lowest BCUT2D eigenvalue weighted by Crippen LogP contribution is -2.34. The van der Waals surface area contributed by atoms with E-state index in [9.17, 15) is 4.79 Å². The highest BCUT2D eigenvalue weighted by molar-refractivity contribution is 9.09. The summed E-state index contributed by atoms with van der Waals surface area (Å²) in [5, 5.41) is 3.68. The lowest BCUT2D eigenvalue weighted by molar-refractivity contribution is -0.135. The van der Waals surface area contributed by atoms with E-state index in [1.165, 1.54) is 0 Å². The molecule has 1 aliphatic rings. The molecule has 0 fully saturated rings. The summed E-state index contributed by atoms with van der Waals surface area (Å²) in [7, 11) is 0. The zero-order chi connectivity index (χ0) is 15.9. The van der Waals surface area contributed by atoms with Crippen LogP contribution in [0.5, 0.6) is 0 Å². The Morgan fingerprint density at radius 3 is 2.67 bits per heavy atom. The quantitative estimate of drug-likeness (QED) is 0.635. The average molecular weight is 354 g/mol. The second-order valence-corrected chi connectivity index (χ2v) is 5.52. The molecule has 2 rings (SSSR count). The molecule has 0 spiro atoms.